The Morgan fingerprint density at radius 2 is 2.47 bits per heavy atom. The molecular weight excluding hydrogens is 212 g/mol. The summed E-state index contributed by atoms with van der Waals surface area (Å²) in [5.41, 5.74) is 1.04. The Balaban J connectivity index is 2.47. The lowest BCUT2D eigenvalue weighted by atomic mass is 10.2. The molecule has 0 saturated heterocycles. The van der Waals surface area contributed by atoms with E-state index in [0.717, 1.165) is 18.0 Å². The van der Waals surface area contributed by atoms with Gasteiger partial charge in [0.15, 0.2) is 0 Å². The van der Waals surface area contributed by atoms with Gasteiger partial charge in [0.2, 0.25) is 0 Å². The van der Waals surface area contributed by atoms with Crippen LogP contribution in [0.5, 0.6) is 0 Å². The monoisotopic (exact) mass is 226 g/mol. The first-order chi connectivity index (χ1) is 7.24. The van der Waals surface area contributed by atoms with Gasteiger partial charge in [-0.15, -0.1) is 0 Å². The molecule has 1 heterocycles. The molecule has 0 aliphatic heterocycles. The van der Waals surface area contributed by atoms with Crippen LogP contribution < -0.4 is 5.32 Å². The summed E-state index contributed by atoms with van der Waals surface area (Å²) in [4.78, 5) is 14.8. The Bertz CT molecular complexity index is 331. The number of hydrogen-bond donors (Lipinski definition) is 2. The molecule has 5 heteroatoms. The number of aromatic nitrogens is 1. The van der Waals surface area contributed by atoms with Crippen LogP contribution in [0.4, 0.5) is 0 Å². The van der Waals surface area contributed by atoms with Crippen molar-refractivity contribution < 1.29 is 9.90 Å². The average Bonchev–Trinajstić information content (AvgIpc) is 2.25. The molecule has 0 spiro atoms. The smallest absolute Gasteiger partial charge is 0.335 e. The topological polar surface area (TPSA) is 62.2 Å². The minimum Gasteiger partial charge on any atom is -0.478 e. The highest BCUT2D eigenvalue weighted by atomic mass is 32.2. The number of carbonyl (C=O) groups is 1. The van der Waals surface area contributed by atoms with Crippen LogP contribution in [0.1, 0.15) is 16.1 Å². The number of carboxylic acid groups (broad SMARTS) is 1. The Hall–Kier alpha value is -1.07. The standard InChI is InChI=1S/C10H14N2O2S/c1-15-5-4-11-7-9-6-8(10(13)14)2-3-12-9/h2-3,6,11H,4-5,7H2,1H3,(H,13,14). The highest BCUT2D eigenvalue weighted by molar-refractivity contribution is 7.98. The number of aromatic carboxylic acids is 1. The molecule has 0 aliphatic rings. The average molecular weight is 226 g/mol. The SMILES string of the molecule is CSCCNCc1cc(C(=O)O)ccn1. The second-order valence-corrected chi connectivity index (χ2v) is 4.00. The van der Waals surface area contributed by atoms with Gasteiger partial charge < -0.3 is 10.4 Å². The molecule has 0 unspecified atom stereocenters. The van der Waals surface area contributed by atoms with Gasteiger partial charge in [-0.3, -0.25) is 4.98 Å². The van der Waals surface area contributed by atoms with Gasteiger partial charge >= 0.3 is 5.97 Å². The molecule has 2 N–H and O–H groups in total. The van der Waals surface area contributed by atoms with E-state index in [9.17, 15) is 4.79 Å². The first-order valence-electron chi connectivity index (χ1n) is 4.62. The van der Waals surface area contributed by atoms with Gasteiger partial charge in [-0.2, -0.15) is 11.8 Å². The van der Waals surface area contributed by atoms with Crippen LogP contribution in [0.15, 0.2) is 18.3 Å². The summed E-state index contributed by atoms with van der Waals surface area (Å²) in [7, 11) is 0. The summed E-state index contributed by atoms with van der Waals surface area (Å²) in [6, 6.07) is 3.09. The minimum atomic E-state index is -0.914. The molecule has 0 aliphatic carbocycles. The number of rotatable bonds is 6. The predicted octanol–water partition coefficient (Wildman–Crippen LogP) is 1.23. The van der Waals surface area contributed by atoms with Crippen LogP contribution in [-0.4, -0.2) is 34.6 Å². The second kappa shape index (κ2) is 6.42. The van der Waals surface area contributed by atoms with Gasteiger partial charge in [0.25, 0.3) is 0 Å². The molecule has 1 aromatic rings. The Morgan fingerprint density at radius 3 is 3.13 bits per heavy atom. The zero-order valence-electron chi connectivity index (χ0n) is 8.56. The number of thioether (sulfide) groups is 1. The van der Waals surface area contributed by atoms with E-state index >= 15 is 0 Å². The summed E-state index contributed by atoms with van der Waals surface area (Å²) in [5.74, 6) is 0.126. The normalized spacial score (nSPS) is 10.2. The van der Waals surface area contributed by atoms with Gasteiger partial charge in [-0.05, 0) is 18.4 Å². The van der Waals surface area contributed by atoms with Crippen molar-refractivity contribution in [2.24, 2.45) is 0 Å². The molecule has 0 bridgehead atoms. The maximum Gasteiger partial charge on any atom is 0.335 e. The number of hydrogen-bond acceptors (Lipinski definition) is 4. The molecule has 82 valence electrons. The Morgan fingerprint density at radius 1 is 1.67 bits per heavy atom. The van der Waals surface area contributed by atoms with E-state index in [0.29, 0.717) is 6.54 Å². The third kappa shape index (κ3) is 4.31. The van der Waals surface area contributed by atoms with Gasteiger partial charge in [0.05, 0.1) is 11.3 Å². The Kier molecular flexibility index (Phi) is 5.14. The van der Waals surface area contributed by atoms with Crippen LogP contribution in [-0.2, 0) is 6.54 Å². The van der Waals surface area contributed by atoms with Crippen molar-refractivity contribution in [3.63, 3.8) is 0 Å². The van der Waals surface area contributed by atoms with Crippen molar-refractivity contribution in [1.29, 1.82) is 0 Å². The van der Waals surface area contributed by atoms with E-state index in [-0.39, 0.29) is 5.56 Å². The summed E-state index contributed by atoms with van der Waals surface area (Å²) >= 11 is 1.77. The lowest BCUT2D eigenvalue weighted by Crippen LogP contribution is -2.17. The van der Waals surface area contributed by atoms with Crippen molar-refractivity contribution in [3.8, 4) is 0 Å². The van der Waals surface area contributed by atoms with E-state index in [2.05, 4.69) is 10.3 Å². The van der Waals surface area contributed by atoms with Crippen LogP contribution in [0.25, 0.3) is 0 Å². The van der Waals surface area contributed by atoms with E-state index in [1.807, 2.05) is 6.26 Å². The highest BCUT2D eigenvalue weighted by Gasteiger charge is 2.03. The fourth-order valence-corrected chi connectivity index (χ4v) is 1.45. The third-order valence-corrected chi connectivity index (χ3v) is 2.46. The maximum absolute atomic E-state index is 10.7. The van der Waals surface area contributed by atoms with E-state index in [1.54, 1.807) is 17.8 Å². The van der Waals surface area contributed by atoms with Gasteiger partial charge in [-0.25, -0.2) is 4.79 Å². The Labute approximate surface area is 93.1 Å². The molecule has 0 amide bonds. The molecule has 1 rings (SSSR count). The summed E-state index contributed by atoms with van der Waals surface area (Å²) in [5, 5.41) is 12.0. The maximum atomic E-state index is 10.7. The van der Waals surface area contributed by atoms with Crippen LogP contribution in [0.3, 0.4) is 0 Å². The van der Waals surface area contributed by atoms with Crippen LogP contribution in [0.2, 0.25) is 0 Å². The zero-order valence-corrected chi connectivity index (χ0v) is 9.38. The van der Waals surface area contributed by atoms with Gasteiger partial charge in [0.1, 0.15) is 0 Å². The molecule has 1 aromatic heterocycles. The highest BCUT2D eigenvalue weighted by Crippen LogP contribution is 2.01. The summed E-state index contributed by atoms with van der Waals surface area (Å²) < 4.78 is 0. The van der Waals surface area contributed by atoms with E-state index in [1.165, 1.54) is 12.3 Å². The fraction of sp³-hybridized carbons (Fsp3) is 0.400. The van der Waals surface area contributed by atoms with Gasteiger partial charge in [-0.1, -0.05) is 0 Å². The number of pyridine rings is 1. The lowest BCUT2D eigenvalue weighted by Gasteiger charge is -2.03. The van der Waals surface area contributed by atoms with Crippen molar-refractivity contribution in [2.75, 3.05) is 18.6 Å². The molecule has 4 nitrogen and oxygen atoms in total. The third-order valence-electron chi connectivity index (χ3n) is 1.85. The van der Waals surface area contributed by atoms with E-state index < -0.39 is 5.97 Å². The van der Waals surface area contributed by atoms with E-state index in [4.69, 9.17) is 5.11 Å². The minimum absolute atomic E-state index is 0.284. The lowest BCUT2D eigenvalue weighted by molar-refractivity contribution is 0.0696. The fourth-order valence-electron chi connectivity index (χ4n) is 1.10. The van der Waals surface area contributed by atoms with Gasteiger partial charge in [0, 0.05) is 25.0 Å². The first-order valence-corrected chi connectivity index (χ1v) is 6.01. The summed E-state index contributed by atoms with van der Waals surface area (Å²) in [6.45, 7) is 1.52. The van der Waals surface area contributed by atoms with Crippen molar-refractivity contribution in [1.82, 2.24) is 10.3 Å². The quantitative estimate of drug-likeness (QED) is 0.714. The first kappa shape index (κ1) is 12.0. The molecule has 0 radical (unpaired) electrons. The molecule has 0 fully saturated rings. The zero-order chi connectivity index (χ0) is 11.1. The summed E-state index contributed by atoms with van der Waals surface area (Å²) in [6.07, 6.45) is 3.57. The molecule has 0 atom stereocenters. The molecule has 0 aromatic carbocycles. The number of nitrogens with one attached hydrogen (secondary N) is 1. The molecule has 15 heavy (non-hydrogen) atoms. The van der Waals surface area contributed by atoms with Crippen molar-refractivity contribution >= 4 is 17.7 Å². The number of nitrogens with zero attached hydrogens (tertiary/aromatic N) is 1. The largest absolute Gasteiger partial charge is 0.478 e. The second-order valence-electron chi connectivity index (χ2n) is 3.01. The number of carboxylic acids is 1. The van der Waals surface area contributed by atoms with Crippen LogP contribution in [0, 0.1) is 0 Å². The van der Waals surface area contributed by atoms with Crippen molar-refractivity contribution in [3.05, 3.63) is 29.6 Å². The van der Waals surface area contributed by atoms with Crippen LogP contribution >= 0.6 is 11.8 Å². The molecule has 0 saturated carbocycles. The predicted molar refractivity (Wildman–Crippen MR) is 61.3 cm³/mol. The molecular formula is C10H14N2O2S. The van der Waals surface area contributed by atoms with Crippen molar-refractivity contribution in [2.45, 2.75) is 6.54 Å².